The zero-order valence-electron chi connectivity index (χ0n) is 12.2. The number of hydrogen-bond donors (Lipinski definition) is 2. The molecule has 0 aliphatic carbocycles. The molecule has 0 unspecified atom stereocenters. The molecular formula is C15H23N3O2. The van der Waals surface area contributed by atoms with Crippen LogP contribution in [0.3, 0.4) is 0 Å². The predicted octanol–water partition coefficient (Wildman–Crippen LogP) is 1.63. The molecular weight excluding hydrogens is 254 g/mol. The number of nitrogens with two attached hydrogens (primary N) is 1. The summed E-state index contributed by atoms with van der Waals surface area (Å²) in [5.41, 5.74) is 8.21. The summed E-state index contributed by atoms with van der Waals surface area (Å²) in [5, 5.41) is 2.94. The van der Waals surface area contributed by atoms with Gasteiger partial charge >= 0.3 is 0 Å². The molecule has 1 heterocycles. The van der Waals surface area contributed by atoms with Gasteiger partial charge in [0.1, 0.15) is 0 Å². The van der Waals surface area contributed by atoms with Gasteiger partial charge in [-0.25, -0.2) is 0 Å². The number of likely N-dealkylation sites (N-methyl/N-ethyl adjacent to an activating group) is 1. The second-order valence-electron chi connectivity index (χ2n) is 5.38. The van der Waals surface area contributed by atoms with Crippen LogP contribution in [0, 0.1) is 6.92 Å². The topological polar surface area (TPSA) is 67.6 Å². The molecule has 1 aromatic carbocycles. The molecule has 0 saturated carbocycles. The van der Waals surface area contributed by atoms with Crippen LogP contribution >= 0.6 is 0 Å². The maximum atomic E-state index is 12.1. The van der Waals surface area contributed by atoms with E-state index in [1.165, 1.54) is 0 Å². The molecule has 5 heteroatoms. The van der Waals surface area contributed by atoms with Crippen molar-refractivity contribution in [3.63, 3.8) is 0 Å². The highest BCUT2D eigenvalue weighted by Gasteiger charge is 2.20. The molecule has 20 heavy (non-hydrogen) atoms. The Morgan fingerprint density at radius 3 is 2.80 bits per heavy atom. The van der Waals surface area contributed by atoms with Gasteiger partial charge in [-0.3, -0.25) is 9.69 Å². The lowest BCUT2D eigenvalue weighted by Crippen LogP contribution is -2.41. The number of nitrogen functional groups attached to an aromatic ring is 1. The Morgan fingerprint density at radius 2 is 2.15 bits per heavy atom. The summed E-state index contributed by atoms with van der Waals surface area (Å²) in [6.07, 6.45) is 1.98. The number of ether oxygens (including phenoxy) is 1. The van der Waals surface area contributed by atoms with Gasteiger partial charge in [-0.2, -0.15) is 0 Å². The Labute approximate surface area is 120 Å². The van der Waals surface area contributed by atoms with E-state index in [-0.39, 0.29) is 5.91 Å². The molecule has 1 aliphatic rings. The molecule has 1 amide bonds. The minimum atomic E-state index is 0.00635. The van der Waals surface area contributed by atoms with E-state index in [2.05, 4.69) is 10.2 Å². The van der Waals surface area contributed by atoms with E-state index in [0.717, 1.165) is 37.3 Å². The normalized spacial score (nSPS) is 16.4. The van der Waals surface area contributed by atoms with Gasteiger partial charge < -0.3 is 15.8 Å². The molecule has 0 atom stereocenters. The van der Waals surface area contributed by atoms with E-state index in [1.807, 2.05) is 26.1 Å². The van der Waals surface area contributed by atoms with E-state index in [0.29, 0.717) is 18.3 Å². The Bertz CT molecular complexity index is 470. The van der Waals surface area contributed by atoms with Gasteiger partial charge in [-0.05, 0) is 50.6 Å². The smallest absolute Gasteiger partial charge is 0.238 e. The lowest BCUT2D eigenvalue weighted by Gasteiger charge is -2.30. The van der Waals surface area contributed by atoms with Crippen molar-refractivity contribution in [2.45, 2.75) is 25.8 Å². The quantitative estimate of drug-likeness (QED) is 0.821. The largest absolute Gasteiger partial charge is 0.399 e. The summed E-state index contributed by atoms with van der Waals surface area (Å²) in [4.78, 5) is 14.2. The van der Waals surface area contributed by atoms with E-state index in [9.17, 15) is 4.79 Å². The van der Waals surface area contributed by atoms with Crippen LogP contribution in [-0.4, -0.2) is 43.7 Å². The van der Waals surface area contributed by atoms with Gasteiger partial charge in [0.05, 0.1) is 6.54 Å². The molecule has 1 saturated heterocycles. The van der Waals surface area contributed by atoms with Gasteiger partial charge in [0.2, 0.25) is 5.91 Å². The molecule has 110 valence electrons. The van der Waals surface area contributed by atoms with E-state index >= 15 is 0 Å². The maximum Gasteiger partial charge on any atom is 0.238 e. The summed E-state index contributed by atoms with van der Waals surface area (Å²) >= 11 is 0. The van der Waals surface area contributed by atoms with Crippen LogP contribution in [-0.2, 0) is 9.53 Å². The molecule has 0 aromatic heterocycles. The molecule has 1 aliphatic heterocycles. The molecule has 3 N–H and O–H groups in total. The number of amides is 1. The Morgan fingerprint density at radius 1 is 1.45 bits per heavy atom. The van der Waals surface area contributed by atoms with Crippen molar-refractivity contribution in [2.24, 2.45) is 0 Å². The molecule has 0 radical (unpaired) electrons. The van der Waals surface area contributed by atoms with Crippen LogP contribution in [0.25, 0.3) is 0 Å². The SMILES string of the molecule is Cc1cc(N)ccc1NC(=O)CN(C)C1CCOCC1. The fraction of sp³-hybridized carbons (Fsp3) is 0.533. The molecule has 0 spiro atoms. The average Bonchev–Trinajstić information content (AvgIpc) is 2.43. The highest BCUT2D eigenvalue weighted by atomic mass is 16.5. The fourth-order valence-electron chi connectivity index (χ4n) is 2.50. The van der Waals surface area contributed by atoms with Crippen molar-refractivity contribution in [1.82, 2.24) is 4.90 Å². The summed E-state index contributed by atoms with van der Waals surface area (Å²) in [6, 6.07) is 5.93. The van der Waals surface area contributed by atoms with Crippen LogP contribution in [0.4, 0.5) is 11.4 Å². The van der Waals surface area contributed by atoms with Gasteiger partial charge in [0.15, 0.2) is 0 Å². The van der Waals surface area contributed by atoms with Crippen LogP contribution in [0.15, 0.2) is 18.2 Å². The van der Waals surface area contributed by atoms with Crippen molar-refractivity contribution in [1.29, 1.82) is 0 Å². The predicted molar refractivity (Wildman–Crippen MR) is 80.7 cm³/mol. The molecule has 0 bridgehead atoms. The third kappa shape index (κ3) is 3.95. The first-order chi connectivity index (χ1) is 9.56. The Hall–Kier alpha value is -1.59. The first-order valence-corrected chi connectivity index (χ1v) is 7.00. The number of carbonyl (C=O) groups excluding carboxylic acids is 1. The first-order valence-electron chi connectivity index (χ1n) is 7.00. The molecule has 1 aromatic rings. The number of rotatable bonds is 4. The number of benzene rings is 1. The molecule has 1 fully saturated rings. The fourth-order valence-corrected chi connectivity index (χ4v) is 2.50. The van der Waals surface area contributed by atoms with Gasteiger partial charge in [0, 0.05) is 30.6 Å². The van der Waals surface area contributed by atoms with E-state index in [4.69, 9.17) is 10.5 Å². The monoisotopic (exact) mass is 277 g/mol. The van der Waals surface area contributed by atoms with Gasteiger partial charge in [-0.1, -0.05) is 0 Å². The number of aryl methyl sites for hydroxylation is 1. The van der Waals surface area contributed by atoms with Crippen LogP contribution in [0.5, 0.6) is 0 Å². The van der Waals surface area contributed by atoms with Gasteiger partial charge in [0.25, 0.3) is 0 Å². The number of hydrogen-bond acceptors (Lipinski definition) is 4. The third-order valence-electron chi connectivity index (χ3n) is 3.73. The zero-order chi connectivity index (χ0) is 14.5. The van der Waals surface area contributed by atoms with Crippen molar-refractivity contribution in [2.75, 3.05) is 37.9 Å². The molecule has 2 rings (SSSR count). The van der Waals surface area contributed by atoms with Crippen LogP contribution < -0.4 is 11.1 Å². The lowest BCUT2D eigenvalue weighted by molar-refractivity contribution is -0.118. The van der Waals surface area contributed by atoms with E-state index < -0.39 is 0 Å². The number of anilines is 2. The van der Waals surface area contributed by atoms with Crippen LogP contribution in [0.2, 0.25) is 0 Å². The lowest BCUT2D eigenvalue weighted by atomic mass is 10.1. The number of nitrogens with one attached hydrogen (secondary N) is 1. The van der Waals surface area contributed by atoms with Crippen molar-refractivity contribution in [3.05, 3.63) is 23.8 Å². The number of nitrogens with zero attached hydrogens (tertiary/aromatic N) is 1. The highest BCUT2D eigenvalue weighted by molar-refractivity contribution is 5.93. The number of carbonyl (C=O) groups is 1. The van der Waals surface area contributed by atoms with Crippen molar-refractivity contribution in [3.8, 4) is 0 Å². The average molecular weight is 277 g/mol. The summed E-state index contributed by atoms with van der Waals surface area (Å²) in [6.45, 7) is 3.91. The minimum Gasteiger partial charge on any atom is -0.399 e. The van der Waals surface area contributed by atoms with Crippen LogP contribution in [0.1, 0.15) is 18.4 Å². The minimum absolute atomic E-state index is 0.00635. The summed E-state index contributed by atoms with van der Waals surface area (Å²) < 4.78 is 5.34. The second-order valence-corrected chi connectivity index (χ2v) is 5.38. The summed E-state index contributed by atoms with van der Waals surface area (Å²) in [7, 11) is 1.99. The standard InChI is InChI=1S/C15H23N3O2/c1-11-9-12(16)3-4-14(11)17-15(19)10-18(2)13-5-7-20-8-6-13/h3-4,9,13H,5-8,10,16H2,1-2H3,(H,17,19). The first kappa shape index (κ1) is 14.8. The van der Waals surface area contributed by atoms with Crippen molar-refractivity contribution >= 4 is 17.3 Å². The van der Waals surface area contributed by atoms with E-state index in [1.54, 1.807) is 6.07 Å². The molecule has 5 nitrogen and oxygen atoms in total. The third-order valence-corrected chi connectivity index (χ3v) is 3.73. The van der Waals surface area contributed by atoms with Gasteiger partial charge in [-0.15, -0.1) is 0 Å². The van der Waals surface area contributed by atoms with Crippen molar-refractivity contribution < 1.29 is 9.53 Å². The highest BCUT2D eigenvalue weighted by Crippen LogP contribution is 2.18. The zero-order valence-corrected chi connectivity index (χ0v) is 12.2. The summed E-state index contributed by atoms with van der Waals surface area (Å²) in [5.74, 6) is 0.00635. The second kappa shape index (κ2) is 6.72. The maximum absolute atomic E-state index is 12.1. The Kier molecular flexibility index (Phi) is 4.98. The Balaban J connectivity index is 1.88.